The first kappa shape index (κ1) is 12.0. The molecule has 1 atom stereocenters. The number of likely N-dealkylation sites (N-methyl/N-ethyl adjacent to an activating group) is 1. The van der Waals surface area contributed by atoms with Gasteiger partial charge in [-0.05, 0) is 32.9 Å². The van der Waals surface area contributed by atoms with E-state index < -0.39 is 0 Å². The van der Waals surface area contributed by atoms with Gasteiger partial charge in [0, 0.05) is 0 Å². The number of rotatable bonds is 4. The smallest absolute Gasteiger partial charge is 0.0508 e. The lowest BCUT2D eigenvalue weighted by Crippen LogP contribution is -2.19. The maximum Gasteiger partial charge on any atom is 0.0508 e. The summed E-state index contributed by atoms with van der Waals surface area (Å²) in [4.78, 5) is 0. The second-order valence-electron chi connectivity index (χ2n) is 4.19. The van der Waals surface area contributed by atoms with Crippen molar-refractivity contribution in [1.29, 1.82) is 0 Å². The van der Waals surface area contributed by atoms with Crippen molar-refractivity contribution in [2.45, 2.75) is 33.7 Å². The Hall–Kier alpha value is -1.08. The highest BCUT2D eigenvalue weighted by Gasteiger charge is 2.06. The highest BCUT2D eigenvalue weighted by atomic mass is 14.9. The molecule has 0 saturated heterocycles. The van der Waals surface area contributed by atoms with Crippen molar-refractivity contribution < 1.29 is 0 Å². The molecule has 1 heteroatoms. The van der Waals surface area contributed by atoms with Gasteiger partial charge in [-0.1, -0.05) is 48.4 Å². The first-order valence-electron chi connectivity index (χ1n) is 5.58. The monoisotopic (exact) mass is 203 g/mol. The Morgan fingerprint density at radius 1 is 1.40 bits per heavy atom. The zero-order valence-electron chi connectivity index (χ0n) is 10.2. The van der Waals surface area contributed by atoms with Crippen molar-refractivity contribution in [3.8, 4) is 0 Å². The summed E-state index contributed by atoms with van der Waals surface area (Å²) in [6.07, 6.45) is 2.28. The fourth-order valence-electron chi connectivity index (χ4n) is 1.69. The molecule has 1 N–H and O–H groups in total. The molecule has 0 saturated carbocycles. The standard InChI is InChI=1S/C14H21N/c1-5-15-14(9-11(2)3)13-8-6-7-12(4)10-13/h6-10,14-15H,5H2,1-4H3. The molecule has 0 spiro atoms. The van der Waals surface area contributed by atoms with Crippen LogP contribution in [0.25, 0.3) is 0 Å². The predicted octanol–water partition coefficient (Wildman–Crippen LogP) is 3.61. The minimum Gasteiger partial charge on any atom is -0.307 e. The summed E-state index contributed by atoms with van der Waals surface area (Å²) in [5.74, 6) is 0. The number of allylic oxidation sites excluding steroid dienone is 1. The molecule has 0 aromatic heterocycles. The Labute approximate surface area is 93.2 Å². The molecule has 0 fully saturated rings. The Morgan fingerprint density at radius 3 is 2.67 bits per heavy atom. The zero-order valence-corrected chi connectivity index (χ0v) is 10.2. The molecule has 0 aliphatic carbocycles. The van der Waals surface area contributed by atoms with E-state index in [4.69, 9.17) is 0 Å². The van der Waals surface area contributed by atoms with Crippen molar-refractivity contribution in [3.63, 3.8) is 0 Å². The van der Waals surface area contributed by atoms with Crippen LogP contribution in [-0.2, 0) is 0 Å². The van der Waals surface area contributed by atoms with E-state index in [0.29, 0.717) is 6.04 Å². The Balaban J connectivity index is 2.93. The molecule has 1 nitrogen and oxygen atoms in total. The average molecular weight is 203 g/mol. The lowest BCUT2D eigenvalue weighted by atomic mass is 10.0. The number of benzene rings is 1. The summed E-state index contributed by atoms with van der Waals surface area (Å²) in [5.41, 5.74) is 4.01. The maximum atomic E-state index is 3.48. The van der Waals surface area contributed by atoms with Gasteiger partial charge in [0.1, 0.15) is 0 Å². The molecule has 1 aromatic carbocycles. The van der Waals surface area contributed by atoms with E-state index in [1.807, 2.05) is 0 Å². The van der Waals surface area contributed by atoms with Gasteiger partial charge in [-0.25, -0.2) is 0 Å². The molecule has 0 bridgehead atoms. The fraction of sp³-hybridized carbons (Fsp3) is 0.429. The summed E-state index contributed by atoms with van der Waals surface area (Å²) in [6, 6.07) is 9.02. The Bertz CT molecular complexity index is 335. The lowest BCUT2D eigenvalue weighted by Gasteiger charge is -2.15. The second-order valence-corrected chi connectivity index (χ2v) is 4.19. The van der Waals surface area contributed by atoms with Crippen LogP contribution in [0.5, 0.6) is 0 Å². The number of aryl methyl sites for hydroxylation is 1. The maximum absolute atomic E-state index is 3.48. The predicted molar refractivity (Wildman–Crippen MR) is 67.0 cm³/mol. The average Bonchev–Trinajstić information content (AvgIpc) is 2.16. The number of nitrogens with one attached hydrogen (secondary N) is 1. The van der Waals surface area contributed by atoms with Crippen LogP contribution in [0.15, 0.2) is 35.9 Å². The van der Waals surface area contributed by atoms with E-state index >= 15 is 0 Å². The van der Waals surface area contributed by atoms with Gasteiger partial charge in [-0.15, -0.1) is 0 Å². The SMILES string of the molecule is CCNC(C=C(C)C)c1cccc(C)c1. The first-order chi connectivity index (χ1) is 7.13. The van der Waals surface area contributed by atoms with E-state index in [9.17, 15) is 0 Å². The third-order valence-electron chi connectivity index (χ3n) is 2.33. The molecule has 0 aliphatic heterocycles. The minimum atomic E-state index is 0.347. The van der Waals surface area contributed by atoms with E-state index in [1.54, 1.807) is 0 Å². The minimum absolute atomic E-state index is 0.347. The van der Waals surface area contributed by atoms with Crippen molar-refractivity contribution in [3.05, 3.63) is 47.0 Å². The number of hydrogen-bond acceptors (Lipinski definition) is 1. The van der Waals surface area contributed by atoms with Crippen molar-refractivity contribution in [1.82, 2.24) is 5.32 Å². The van der Waals surface area contributed by atoms with Gasteiger partial charge in [0.25, 0.3) is 0 Å². The molecule has 1 unspecified atom stereocenters. The van der Waals surface area contributed by atoms with Crippen molar-refractivity contribution in [2.75, 3.05) is 6.54 Å². The van der Waals surface area contributed by atoms with Crippen LogP contribution in [0.3, 0.4) is 0 Å². The normalized spacial score (nSPS) is 12.3. The molecular weight excluding hydrogens is 182 g/mol. The largest absolute Gasteiger partial charge is 0.307 e. The van der Waals surface area contributed by atoms with Crippen LogP contribution in [-0.4, -0.2) is 6.54 Å². The molecule has 0 amide bonds. The van der Waals surface area contributed by atoms with Crippen LogP contribution < -0.4 is 5.32 Å². The van der Waals surface area contributed by atoms with Gasteiger partial charge in [0.15, 0.2) is 0 Å². The molecule has 15 heavy (non-hydrogen) atoms. The van der Waals surface area contributed by atoms with Gasteiger partial charge in [0.2, 0.25) is 0 Å². The lowest BCUT2D eigenvalue weighted by molar-refractivity contribution is 0.644. The molecular formula is C14H21N. The van der Waals surface area contributed by atoms with Crippen LogP contribution in [0, 0.1) is 6.92 Å². The summed E-state index contributed by atoms with van der Waals surface area (Å²) >= 11 is 0. The van der Waals surface area contributed by atoms with Gasteiger partial charge in [-0.3, -0.25) is 0 Å². The summed E-state index contributed by atoms with van der Waals surface area (Å²) in [5, 5.41) is 3.48. The van der Waals surface area contributed by atoms with E-state index in [0.717, 1.165) is 6.54 Å². The van der Waals surface area contributed by atoms with E-state index in [2.05, 4.69) is 63.4 Å². The Kier molecular flexibility index (Phi) is 4.57. The first-order valence-corrected chi connectivity index (χ1v) is 5.58. The third-order valence-corrected chi connectivity index (χ3v) is 2.33. The van der Waals surface area contributed by atoms with Gasteiger partial charge in [-0.2, -0.15) is 0 Å². The highest BCUT2D eigenvalue weighted by Crippen LogP contribution is 2.17. The van der Waals surface area contributed by atoms with Crippen LogP contribution in [0.4, 0.5) is 0 Å². The second kappa shape index (κ2) is 5.72. The van der Waals surface area contributed by atoms with E-state index in [1.165, 1.54) is 16.7 Å². The van der Waals surface area contributed by atoms with Gasteiger partial charge >= 0.3 is 0 Å². The summed E-state index contributed by atoms with van der Waals surface area (Å²) in [6.45, 7) is 9.54. The van der Waals surface area contributed by atoms with Crippen molar-refractivity contribution >= 4 is 0 Å². The summed E-state index contributed by atoms with van der Waals surface area (Å²) < 4.78 is 0. The van der Waals surface area contributed by atoms with Gasteiger partial charge < -0.3 is 5.32 Å². The molecule has 1 aromatic rings. The highest BCUT2D eigenvalue weighted by molar-refractivity contribution is 5.28. The molecule has 82 valence electrons. The zero-order chi connectivity index (χ0) is 11.3. The van der Waals surface area contributed by atoms with Crippen molar-refractivity contribution in [2.24, 2.45) is 0 Å². The fourth-order valence-corrected chi connectivity index (χ4v) is 1.69. The van der Waals surface area contributed by atoms with E-state index in [-0.39, 0.29) is 0 Å². The summed E-state index contributed by atoms with van der Waals surface area (Å²) in [7, 11) is 0. The van der Waals surface area contributed by atoms with Crippen LogP contribution in [0.2, 0.25) is 0 Å². The topological polar surface area (TPSA) is 12.0 Å². The van der Waals surface area contributed by atoms with Gasteiger partial charge in [0.05, 0.1) is 6.04 Å². The molecule has 0 radical (unpaired) electrons. The Morgan fingerprint density at radius 2 is 2.13 bits per heavy atom. The van der Waals surface area contributed by atoms with Crippen LogP contribution in [0.1, 0.15) is 37.9 Å². The quantitative estimate of drug-likeness (QED) is 0.737. The molecule has 0 heterocycles. The molecule has 1 rings (SSSR count). The molecule has 0 aliphatic rings. The third kappa shape index (κ3) is 3.88. The van der Waals surface area contributed by atoms with Crippen LogP contribution >= 0.6 is 0 Å². The number of hydrogen-bond donors (Lipinski definition) is 1.